The number of ether oxygens (including phenoxy) is 1. The number of anilines is 1. The number of benzene rings is 2. The molecule has 0 radical (unpaired) electrons. The highest BCUT2D eigenvalue weighted by molar-refractivity contribution is 7.92. The molecule has 0 bridgehead atoms. The Morgan fingerprint density at radius 1 is 1.12 bits per heavy atom. The van der Waals surface area contributed by atoms with Gasteiger partial charge in [-0.2, -0.15) is 13.2 Å². The van der Waals surface area contributed by atoms with E-state index in [4.69, 9.17) is 4.74 Å². The summed E-state index contributed by atoms with van der Waals surface area (Å²) < 4.78 is 70.1. The molecular weight excluding hydrogens is 475 g/mol. The number of hydrogen-bond donors (Lipinski definition) is 1. The van der Waals surface area contributed by atoms with Crippen LogP contribution >= 0.6 is 0 Å². The van der Waals surface area contributed by atoms with E-state index in [1.165, 1.54) is 21.1 Å². The first-order valence-corrected chi connectivity index (χ1v) is 11.9. The second-order valence-electron chi connectivity index (χ2n) is 7.48. The largest absolute Gasteiger partial charge is 0.497 e. The first kappa shape index (κ1) is 27.0. The number of nitrogens with one attached hydrogen (secondary N) is 1. The van der Waals surface area contributed by atoms with Crippen LogP contribution in [0.2, 0.25) is 0 Å². The van der Waals surface area contributed by atoms with Gasteiger partial charge >= 0.3 is 6.18 Å². The number of halogens is 3. The quantitative estimate of drug-likeness (QED) is 0.570. The second kappa shape index (κ2) is 10.8. The molecule has 0 aliphatic rings. The number of carbonyl (C=O) groups excluding carboxylic acids is 2. The predicted molar refractivity (Wildman–Crippen MR) is 121 cm³/mol. The molecule has 0 saturated heterocycles. The minimum atomic E-state index is -4.70. The minimum Gasteiger partial charge on any atom is -0.497 e. The third kappa shape index (κ3) is 6.86. The van der Waals surface area contributed by atoms with Gasteiger partial charge in [0.1, 0.15) is 18.3 Å². The van der Waals surface area contributed by atoms with Gasteiger partial charge in [-0.25, -0.2) is 8.42 Å². The summed E-state index contributed by atoms with van der Waals surface area (Å²) in [6.45, 7) is 0.599. The average molecular weight is 502 g/mol. The maximum Gasteiger partial charge on any atom is 0.416 e. The van der Waals surface area contributed by atoms with Gasteiger partial charge < -0.3 is 15.0 Å². The molecule has 0 saturated carbocycles. The van der Waals surface area contributed by atoms with Crippen LogP contribution in [0.3, 0.4) is 0 Å². The fourth-order valence-corrected chi connectivity index (χ4v) is 4.05. The highest BCUT2D eigenvalue weighted by atomic mass is 32.2. The summed E-state index contributed by atoms with van der Waals surface area (Å²) >= 11 is 0. The van der Waals surface area contributed by atoms with E-state index < -0.39 is 46.2 Å². The molecule has 34 heavy (non-hydrogen) atoms. The van der Waals surface area contributed by atoms with Crippen molar-refractivity contribution in [3.8, 4) is 5.75 Å². The lowest BCUT2D eigenvalue weighted by Gasteiger charge is -2.31. The number of amides is 2. The van der Waals surface area contributed by atoms with E-state index in [2.05, 4.69) is 5.32 Å². The van der Waals surface area contributed by atoms with Gasteiger partial charge in [0, 0.05) is 13.6 Å². The number of likely N-dealkylation sites (N-methyl/N-ethyl adjacent to an activating group) is 1. The van der Waals surface area contributed by atoms with Crippen LogP contribution in [-0.2, 0) is 32.3 Å². The lowest BCUT2D eigenvalue weighted by molar-refractivity contribution is -0.139. The summed E-state index contributed by atoms with van der Waals surface area (Å²) in [6.07, 6.45) is -3.91. The van der Waals surface area contributed by atoms with Gasteiger partial charge in [-0.1, -0.05) is 18.2 Å². The Bertz CT molecular complexity index is 1140. The molecular formula is C22H26F3N3O5S. The molecule has 1 unspecified atom stereocenters. The Morgan fingerprint density at radius 2 is 1.76 bits per heavy atom. The molecule has 2 aromatic carbocycles. The van der Waals surface area contributed by atoms with Gasteiger partial charge in [0.05, 0.1) is 24.6 Å². The maximum absolute atomic E-state index is 13.3. The summed E-state index contributed by atoms with van der Waals surface area (Å²) in [5.74, 6) is -0.762. The van der Waals surface area contributed by atoms with Crippen LogP contribution in [0.1, 0.15) is 18.1 Å². The van der Waals surface area contributed by atoms with Gasteiger partial charge in [0.15, 0.2) is 0 Å². The Labute approximate surface area is 196 Å². The first-order valence-electron chi connectivity index (χ1n) is 10.1. The van der Waals surface area contributed by atoms with Crippen molar-refractivity contribution < 1.29 is 35.9 Å². The molecule has 12 heteroatoms. The molecule has 2 aromatic rings. The summed E-state index contributed by atoms with van der Waals surface area (Å²) in [4.78, 5) is 26.7. The lowest BCUT2D eigenvalue weighted by Crippen LogP contribution is -2.50. The fourth-order valence-electron chi connectivity index (χ4n) is 3.21. The van der Waals surface area contributed by atoms with Crippen molar-refractivity contribution in [2.45, 2.75) is 25.7 Å². The topological polar surface area (TPSA) is 96.0 Å². The number of methoxy groups -OCH3 is 1. The molecule has 0 aromatic heterocycles. The van der Waals surface area contributed by atoms with Crippen molar-refractivity contribution in [2.24, 2.45) is 0 Å². The van der Waals surface area contributed by atoms with E-state index in [1.54, 1.807) is 24.3 Å². The molecule has 186 valence electrons. The fraction of sp³-hybridized carbons (Fsp3) is 0.364. The van der Waals surface area contributed by atoms with E-state index in [1.807, 2.05) is 0 Å². The zero-order valence-corrected chi connectivity index (χ0v) is 19.9. The predicted octanol–water partition coefficient (Wildman–Crippen LogP) is 2.64. The lowest BCUT2D eigenvalue weighted by atomic mass is 10.1. The summed E-state index contributed by atoms with van der Waals surface area (Å²) in [7, 11) is -1.29. The van der Waals surface area contributed by atoms with Crippen molar-refractivity contribution >= 4 is 27.5 Å². The van der Waals surface area contributed by atoms with Crippen molar-refractivity contribution in [2.75, 3.05) is 31.3 Å². The number of carbonyl (C=O) groups is 2. The van der Waals surface area contributed by atoms with Crippen LogP contribution in [0.15, 0.2) is 48.5 Å². The van der Waals surface area contributed by atoms with Gasteiger partial charge in [0.25, 0.3) is 0 Å². The average Bonchev–Trinajstić information content (AvgIpc) is 2.78. The third-order valence-electron chi connectivity index (χ3n) is 5.04. The Morgan fingerprint density at radius 3 is 2.32 bits per heavy atom. The highest BCUT2D eigenvalue weighted by Crippen LogP contribution is 2.32. The van der Waals surface area contributed by atoms with Gasteiger partial charge in [-0.05, 0) is 42.8 Å². The smallest absolute Gasteiger partial charge is 0.416 e. The number of sulfonamides is 1. The summed E-state index contributed by atoms with van der Waals surface area (Å²) in [5.41, 5.74) is -0.772. The molecule has 0 spiro atoms. The molecule has 0 aliphatic carbocycles. The van der Waals surface area contributed by atoms with E-state index >= 15 is 0 Å². The van der Waals surface area contributed by atoms with Crippen LogP contribution in [0, 0.1) is 0 Å². The Hall–Kier alpha value is -3.28. The Kier molecular flexibility index (Phi) is 8.54. The molecule has 1 N–H and O–H groups in total. The number of hydrogen-bond acceptors (Lipinski definition) is 5. The van der Waals surface area contributed by atoms with Gasteiger partial charge in [-0.15, -0.1) is 0 Å². The minimum absolute atomic E-state index is 0.0647. The third-order valence-corrected chi connectivity index (χ3v) is 6.18. The maximum atomic E-state index is 13.3. The van der Waals surface area contributed by atoms with Crippen molar-refractivity contribution in [3.63, 3.8) is 0 Å². The Balaban J connectivity index is 2.44. The van der Waals surface area contributed by atoms with E-state index in [-0.39, 0.29) is 12.2 Å². The van der Waals surface area contributed by atoms with Gasteiger partial charge in [-0.3, -0.25) is 13.9 Å². The van der Waals surface area contributed by atoms with Crippen LogP contribution in [0.5, 0.6) is 5.75 Å². The zero-order chi connectivity index (χ0) is 25.7. The normalized spacial score (nSPS) is 12.6. The monoisotopic (exact) mass is 501 g/mol. The standard InChI is InChI=1S/C22H26F3N3O5S/c1-15(21(30)26-2)27(13-16-7-5-10-19(11-16)33-3)20(29)14-28(34(4,31)32)18-9-6-8-17(12-18)22(23,24)25/h5-12,15H,13-14H2,1-4H3,(H,26,30). The van der Waals surface area contributed by atoms with E-state index in [9.17, 15) is 31.2 Å². The van der Waals surface area contributed by atoms with E-state index in [0.29, 0.717) is 21.7 Å². The number of alkyl halides is 3. The summed E-state index contributed by atoms with van der Waals surface area (Å²) in [5, 5.41) is 2.43. The van der Waals surface area contributed by atoms with Crippen molar-refractivity contribution in [3.05, 3.63) is 59.7 Å². The second-order valence-corrected chi connectivity index (χ2v) is 9.39. The van der Waals surface area contributed by atoms with Crippen molar-refractivity contribution in [1.82, 2.24) is 10.2 Å². The highest BCUT2D eigenvalue weighted by Gasteiger charge is 2.33. The molecule has 8 nitrogen and oxygen atoms in total. The first-order chi connectivity index (χ1) is 15.8. The van der Waals surface area contributed by atoms with Crippen LogP contribution < -0.4 is 14.4 Å². The number of nitrogens with zero attached hydrogens (tertiary/aromatic N) is 2. The molecule has 0 aliphatic heterocycles. The molecule has 0 fully saturated rings. The van der Waals surface area contributed by atoms with Crippen LogP contribution in [0.4, 0.5) is 18.9 Å². The molecule has 2 amide bonds. The van der Waals surface area contributed by atoms with Crippen LogP contribution in [-0.4, -0.2) is 58.1 Å². The van der Waals surface area contributed by atoms with Crippen molar-refractivity contribution in [1.29, 1.82) is 0 Å². The van der Waals surface area contributed by atoms with Crippen LogP contribution in [0.25, 0.3) is 0 Å². The SMILES string of the molecule is CNC(=O)C(C)N(Cc1cccc(OC)c1)C(=O)CN(c1cccc(C(F)(F)F)c1)S(C)(=O)=O. The summed E-state index contributed by atoms with van der Waals surface area (Å²) in [6, 6.07) is 9.41. The zero-order valence-electron chi connectivity index (χ0n) is 19.1. The van der Waals surface area contributed by atoms with Gasteiger partial charge in [0.2, 0.25) is 21.8 Å². The molecule has 2 rings (SSSR count). The number of rotatable bonds is 9. The molecule has 1 atom stereocenters. The molecule has 0 heterocycles. The van der Waals surface area contributed by atoms with E-state index in [0.717, 1.165) is 29.4 Å².